The van der Waals surface area contributed by atoms with E-state index in [-0.39, 0.29) is 28.7 Å². The molecule has 0 spiro atoms. The number of unbranched alkanes of at least 4 members (excludes halogenated alkanes) is 7. The van der Waals surface area contributed by atoms with Crippen molar-refractivity contribution < 1.29 is 46.5 Å². The van der Waals surface area contributed by atoms with E-state index in [4.69, 9.17) is 18.9 Å². The van der Waals surface area contributed by atoms with Crippen LogP contribution in [0.2, 0.25) is 0 Å². The summed E-state index contributed by atoms with van der Waals surface area (Å²) in [7, 11) is -1.33. The van der Waals surface area contributed by atoms with Crippen LogP contribution >= 0.6 is 0 Å². The number of alkyl carbamates (subject to hydrolysis) is 1. The van der Waals surface area contributed by atoms with Crippen molar-refractivity contribution in [3.63, 3.8) is 0 Å². The number of hydrogen-bond acceptors (Lipinski definition) is 11. The van der Waals surface area contributed by atoms with Crippen molar-refractivity contribution in [3.05, 3.63) is 48.5 Å². The van der Waals surface area contributed by atoms with Crippen molar-refractivity contribution in [1.82, 2.24) is 10.6 Å². The molecule has 2 N–H and O–H groups in total. The van der Waals surface area contributed by atoms with Crippen molar-refractivity contribution in [1.29, 1.82) is 0 Å². The molecule has 13 nitrogen and oxygen atoms in total. The number of amides is 2. The first kappa shape index (κ1) is 69.7. The number of hydrogen-bond donors (Lipinski definition) is 2. The van der Waals surface area contributed by atoms with Gasteiger partial charge in [0.15, 0.2) is 22.0 Å². The third kappa shape index (κ3) is 38.3. The van der Waals surface area contributed by atoms with Crippen LogP contribution in [-0.2, 0) is 29.0 Å². The minimum atomic E-state index is -2.94. The van der Waals surface area contributed by atoms with E-state index in [0.29, 0.717) is 67.6 Å². The number of benzene rings is 2. The predicted molar refractivity (Wildman–Crippen MR) is 299 cm³/mol. The number of ether oxygens (including phenoxy) is 4. The van der Waals surface area contributed by atoms with Crippen molar-refractivity contribution in [3.8, 4) is 17.2 Å². The molecule has 1 fully saturated rings. The molecule has 14 heteroatoms. The topological polar surface area (TPSA) is 167 Å². The first-order valence-electron chi connectivity index (χ1n) is 26.8. The molecule has 1 heterocycles. The first-order chi connectivity index (χ1) is 33.5. The number of carbonyl (C=O) groups is 4. The Labute approximate surface area is 439 Å². The van der Waals surface area contributed by atoms with E-state index < -0.39 is 34.1 Å². The Morgan fingerprint density at radius 2 is 1.08 bits per heavy atom. The Morgan fingerprint density at radius 3 is 1.49 bits per heavy atom. The lowest BCUT2D eigenvalue weighted by molar-refractivity contribution is -0.145. The summed E-state index contributed by atoms with van der Waals surface area (Å²) in [5.41, 5.74) is 1.25. The quantitative estimate of drug-likeness (QED) is 0.0618. The highest BCUT2D eigenvalue weighted by atomic mass is 32.2. The first-order valence-corrected chi connectivity index (χ1v) is 28.7. The molecule has 2 amide bonds. The molecule has 2 aromatic carbocycles. The van der Waals surface area contributed by atoms with E-state index in [9.17, 15) is 27.6 Å². The van der Waals surface area contributed by atoms with Gasteiger partial charge in [0.05, 0.1) is 18.6 Å². The minimum Gasteiger partial charge on any atom is -0.497 e. The standard InChI is InChI=1S/C26H42N2O6S.C15H23NO3.C8H16O.C5H12.C4H10/c1-3-5-6-7-8-9-10-11-12-24(25(29)34-26(30)27-17-4-2)33-23-15-13-22(14-16-23)28-18-20-35(31,32)21-19-28;1-5-14(15(17)16-10-11(2)3)19-13-8-6-12(18-4)7-9-13;1-6(2)7(9)8(3,4)5;1-5(2,3)4;1-4(2)3/h13-16,24H,3-12,17-21H2,1-2H3,(H,27,30);6-9,11,14H,5,10H2,1-4H3,(H,16,17);6H,1-5H3;1-4H3;4H,1-3H3. The highest BCUT2D eigenvalue weighted by Gasteiger charge is 2.26. The number of sulfone groups is 1. The van der Waals surface area contributed by atoms with Crippen LogP contribution in [0.5, 0.6) is 17.2 Å². The number of rotatable bonds is 23. The van der Waals surface area contributed by atoms with Gasteiger partial charge in [0.25, 0.3) is 5.91 Å². The number of methoxy groups -OCH3 is 1. The van der Waals surface area contributed by atoms with Gasteiger partial charge in [0.1, 0.15) is 23.0 Å². The molecule has 0 bridgehead atoms. The maximum Gasteiger partial charge on any atom is 0.414 e. The van der Waals surface area contributed by atoms with Gasteiger partial charge in [-0.25, -0.2) is 18.0 Å². The Bertz CT molecular complexity index is 1830. The van der Waals surface area contributed by atoms with Gasteiger partial charge in [-0.3, -0.25) is 9.59 Å². The van der Waals surface area contributed by atoms with Gasteiger partial charge in [-0.15, -0.1) is 0 Å². The van der Waals surface area contributed by atoms with Crippen molar-refractivity contribution in [2.24, 2.45) is 28.6 Å². The Kier molecular flexibility index (Phi) is 37.1. The number of ketones is 1. The summed E-state index contributed by atoms with van der Waals surface area (Å²) in [5, 5.41) is 5.43. The van der Waals surface area contributed by atoms with E-state index in [2.05, 4.69) is 79.9 Å². The fourth-order valence-corrected chi connectivity index (χ4v) is 7.61. The normalized spacial score (nSPS) is 13.8. The van der Waals surface area contributed by atoms with Gasteiger partial charge >= 0.3 is 12.1 Å². The van der Waals surface area contributed by atoms with Gasteiger partial charge in [-0.05, 0) is 91.5 Å². The fourth-order valence-electron chi connectivity index (χ4n) is 6.40. The molecule has 0 radical (unpaired) electrons. The number of nitrogens with zero attached hydrogens (tertiary/aromatic N) is 1. The number of Topliss-reactive ketones (excluding diaryl/α,β-unsaturated/α-hetero) is 1. The van der Waals surface area contributed by atoms with Crippen molar-refractivity contribution in [2.45, 2.75) is 201 Å². The third-order valence-corrected chi connectivity index (χ3v) is 11.7. The zero-order valence-electron chi connectivity index (χ0n) is 48.5. The Hall–Kier alpha value is -4.33. The van der Waals surface area contributed by atoms with Crippen LogP contribution in [0.4, 0.5) is 10.5 Å². The molecule has 0 saturated carbocycles. The average molecular weight is 1030 g/mol. The second-order valence-corrected chi connectivity index (χ2v) is 24.8. The van der Waals surface area contributed by atoms with Crippen LogP contribution in [0.1, 0.15) is 188 Å². The van der Waals surface area contributed by atoms with E-state index in [1.54, 1.807) is 31.4 Å². The minimum absolute atomic E-state index is 0.0629. The van der Waals surface area contributed by atoms with Crippen LogP contribution in [0.3, 0.4) is 0 Å². The van der Waals surface area contributed by atoms with Gasteiger partial charge in [0, 0.05) is 43.2 Å². The number of anilines is 1. The second-order valence-electron chi connectivity index (χ2n) is 22.5. The zero-order valence-corrected chi connectivity index (χ0v) is 49.3. The molecule has 1 aliphatic heterocycles. The molecule has 72 heavy (non-hydrogen) atoms. The summed E-state index contributed by atoms with van der Waals surface area (Å²) in [6, 6.07) is 14.5. The molecule has 2 unspecified atom stereocenters. The lowest BCUT2D eigenvalue weighted by atomic mass is 9.85. The van der Waals surface area contributed by atoms with Gasteiger partial charge in [0.2, 0.25) is 0 Å². The van der Waals surface area contributed by atoms with Gasteiger partial charge < -0.3 is 34.5 Å². The lowest BCUT2D eigenvalue weighted by Crippen LogP contribution is -2.40. The van der Waals surface area contributed by atoms with E-state index in [1.807, 2.05) is 77.6 Å². The summed E-state index contributed by atoms with van der Waals surface area (Å²) >= 11 is 0. The molecular formula is C58H103N3O10S. The molecule has 2 aromatic rings. The van der Waals surface area contributed by atoms with Crippen molar-refractivity contribution in [2.75, 3.05) is 49.7 Å². The van der Waals surface area contributed by atoms with Crippen LogP contribution in [0, 0.1) is 28.6 Å². The summed E-state index contributed by atoms with van der Waals surface area (Å²) in [4.78, 5) is 49.7. The maximum atomic E-state index is 12.7. The van der Waals surface area contributed by atoms with E-state index >= 15 is 0 Å². The highest BCUT2D eigenvalue weighted by Crippen LogP contribution is 2.24. The van der Waals surface area contributed by atoms with Gasteiger partial charge in [-0.2, -0.15) is 0 Å². The molecule has 1 saturated heterocycles. The van der Waals surface area contributed by atoms with Crippen LogP contribution in [-0.4, -0.2) is 89.2 Å². The van der Waals surface area contributed by atoms with E-state index in [0.717, 1.165) is 43.0 Å². The lowest BCUT2D eigenvalue weighted by Gasteiger charge is -2.29. The molecule has 416 valence electrons. The molecular weight excluding hydrogens is 931 g/mol. The van der Waals surface area contributed by atoms with Crippen LogP contribution in [0.15, 0.2) is 48.5 Å². The second kappa shape index (κ2) is 38.3. The number of nitrogens with one attached hydrogen (secondary N) is 2. The molecule has 1 aliphatic rings. The Morgan fingerprint density at radius 1 is 0.639 bits per heavy atom. The fraction of sp³-hybridized carbons (Fsp3) is 0.724. The number of carbonyl (C=O) groups excluding carboxylic acids is 4. The SMILES string of the molecule is CC(C)(C)C.CC(C)C.CC(C)C(=O)C(C)(C)C.CCC(Oc1ccc(OC)cc1)C(=O)NCC(C)C.CCCCCCCCCCC(Oc1ccc(N2CCS(=O)(=O)CC2)cc1)C(=O)OC(=O)NCCC. The summed E-state index contributed by atoms with van der Waals surface area (Å²) < 4.78 is 45.0. The van der Waals surface area contributed by atoms with Crippen LogP contribution < -0.4 is 29.7 Å². The van der Waals surface area contributed by atoms with E-state index in [1.165, 1.54) is 32.1 Å². The van der Waals surface area contributed by atoms with Crippen molar-refractivity contribution >= 4 is 39.3 Å². The molecule has 2 atom stereocenters. The monoisotopic (exact) mass is 1030 g/mol. The molecule has 0 aliphatic carbocycles. The molecule has 3 rings (SSSR count). The highest BCUT2D eigenvalue weighted by molar-refractivity contribution is 7.91. The third-order valence-electron chi connectivity index (χ3n) is 10.1. The number of esters is 1. The molecule has 0 aromatic heterocycles. The van der Waals surface area contributed by atoms with Crippen LogP contribution in [0.25, 0.3) is 0 Å². The summed E-state index contributed by atoms with van der Waals surface area (Å²) in [5.74, 6) is 3.27. The smallest absolute Gasteiger partial charge is 0.414 e. The zero-order chi connectivity index (χ0) is 55.5. The largest absolute Gasteiger partial charge is 0.497 e. The Balaban J connectivity index is 0. The summed E-state index contributed by atoms with van der Waals surface area (Å²) in [6.45, 7) is 37.2. The van der Waals surface area contributed by atoms with Gasteiger partial charge in [-0.1, -0.05) is 163 Å². The predicted octanol–water partition coefficient (Wildman–Crippen LogP) is 13.5. The average Bonchev–Trinajstić information content (AvgIpc) is 3.29. The maximum absolute atomic E-state index is 12.7. The summed E-state index contributed by atoms with van der Waals surface area (Å²) in [6.07, 6.45) is 8.91.